The van der Waals surface area contributed by atoms with Gasteiger partial charge < -0.3 is 24.4 Å². The molecule has 2 aromatic rings. The molecule has 3 aliphatic rings. The number of ether oxygens (including phenoxy) is 3. The number of nitrogens with one attached hydrogen (secondary N) is 2. The third kappa shape index (κ3) is 8.26. The third-order valence-electron chi connectivity index (χ3n) is 7.15. The molecule has 0 amide bonds. The molecule has 0 bridgehead atoms. The maximum atomic E-state index is 11.4. The minimum Gasteiger partial charge on any atom is -0.448 e. The van der Waals surface area contributed by atoms with Gasteiger partial charge in [-0.05, 0) is 37.9 Å². The number of fused-ring (bicyclic) bond motifs is 1. The van der Waals surface area contributed by atoms with Crippen molar-refractivity contribution < 1.29 is 27.2 Å². The number of aromatic nitrogens is 2. The zero-order chi connectivity index (χ0) is 30.2. The van der Waals surface area contributed by atoms with Crippen LogP contribution in [0.2, 0.25) is 0 Å². The molecule has 0 radical (unpaired) electrons. The van der Waals surface area contributed by atoms with E-state index in [9.17, 15) is 13.0 Å². The van der Waals surface area contributed by atoms with E-state index < -0.39 is 16.1 Å². The molecule has 2 fully saturated rings. The van der Waals surface area contributed by atoms with E-state index in [0.717, 1.165) is 47.4 Å². The Bertz CT molecular complexity index is 1310. The van der Waals surface area contributed by atoms with Crippen LogP contribution in [0.4, 0.5) is 11.6 Å². The number of morpholine rings is 1. The average Bonchev–Trinajstić information content (AvgIpc) is 3.37. The zero-order valence-electron chi connectivity index (χ0n) is 24.7. The van der Waals surface area contributed by atoms with Crippen molar-refractivity contribution in [3.8, 4) is 11.5 Å². The molecule has 14 nitrogen and oxygen atoms in total. The molecule has 232 valence electrons. The fourth-order valence-corrected chi connectivity index (χ4v) is 5.41. The van der Waals surface area contributed by atoms with Crippen molar-refractivity contribution in [3.63, 3.8) is 0 Å². The highest BCUT2D eigenvalue weighted by Gasteiger charge is 2.38. The predicted molar refractivity (Wildman–Crippen MR) is 161 cm³/mol. The van der Waals surface area contributed by atoms with Crippen molar-refractivity contribution in [3.05, 3.63) is 35.7 Å². The second kappa shape index (κ2) is 14.4. The molecule has 0 spiro atoms. The normalized spacial score (nSPS) is 19.0. The maximum Gasteiger partial charge on any atom is 0.335 e. The second-order valence-corrected chi connectivity index (χ2v) is 11.6. The smallest absolute Gasteiger partial charge is 0.335 e. The minimum atomic E-state index is -4.18. The van der Waals surface area contributed by atoms with Gasteiger partial charge in [0.05, 0.1) is 26.0 Å². The van der Waals surface area contributed by atoms with E-state index >= 15 is 0 Å². The van der Waals surface area contributed by atoms with Crippen LogP contribution in [0.15, 0.2) is 29.4 Å². The Morgan fingerprint density at radius 1 is 1.00 bits per heavy atom. The molecule has 0 atom stereocenters. The number of piperazine rings is 1. The van der Waals surface area contributed by atoms with E-state index in [1.54, 1.807) is 6.21 Å². The van der Waals surface area contributed by atoms with Gasteiger partial charge in [0.2, 0.25) is 0 Å². The molecular weight excluding hydrogens is 564 g/mol. The molecule has 3 N–H and O–H groups in total. The van der Waals surface area contributed by atoms with Crippen LogP contribution in [0.5, 0.6) is 11.5 Å². The van der Waals surface area contributed by atoms with E-state index in [0.29, 0.717) is 50.2 Å². The van der Waals surface area contributed by atoms with Gasteiger partial charge in [-0.15, -0.1) is 0 Å². The Hall–Kier alpha value is -3.08. The largest absolute Gasteiger partial charge is 0.448 e. The van der Waals surface area contributed by atoms with Crippen molar-refractivity contribution in [1.82, 2.24) is 24.5 Å². The summed E-state index contributed by atoms with van der Waals surface area (Å²) in [6.07, 6.45) is 3.20. The van der Waals surface area contributed by atoms with Crippen LogP contribution in [0.3, 0.4) is 0 Å². The Morgan fingerprint density at radius 3 is 2.31 bits per heavy atom. The molecule has 4 heterocycles. The van der Waals surface area contributed by atoms with Crippen LogP contribution in [0.1, 0.15) is 38.1 Å². The lowest BCUT2D eigenvalue weighted by molar-refractivity contribution is -0.0843. The first-order valence-electron chi connectivity index (χ1n) is 14.2. The summed E-state index contributed by atoms with van der Waals surface area (Å²) in [5.74, 6) is 2.74. The van der Waals surface area contributed by atoms with Crippen molar-refractivity contribution in [2.75, 3.05) is 76.9 Å². The fraction of sp³-hybridized carbons (Fsp3) is 0.593. The number of nitrogens with zero attached hydrogens (tertiary/aromatic N) is 6. The minimum absolute atomic E-state index is 0.213. The van der Waals surface area contributed by atoms with Crippen LogP contribution in [0.25, 0.3) is 0 Å². The quantitative estimate of drug-likeness (QED) is 0.217. The Kier molecular flexibility index (Phi) is 10.9. The molecule has 1 aromatic carbocycles. The standard InChI is InChI=1S/C25H35N7O6S.C2H7N/c1-3-25(4-2)37-20-6-5-19(15-21(20)38-25)17-26-29-22-16-24(31-11-13-36-14-12-31)28-23(27-22)18-30-7-9-32(10-8-30)39(33,34)35;1-3-2/h5-6,15-17H,3-4,7-14,18H2,1-2H3,(H,27,28,29)(H,33,34,35);3H,1-2H3. The number of hydrazone groups is 1. The number of rotatable bonds is 9. The number of benzene rings is 1. The summed E-state index contributed by atoms with van der Waals surface area (Å²) in [5.41, 5.74) is 3.89. The summed E-state index contributed by atoms with van der Waals surface area (Å²) in [6.45, 7) is 8.58. The van der Waals surface area contributed by atoms with E-state index in [1.807, 2.05) is 52.2 Å². The number of anilines is 2. The lowest BCUT2D eigenvalue weighted by atomic mass is 10.1. The number of hydrogen-bond donors (Lipinski definition) is 3. The molecule has 5 rings (SSSR count). The van der Waals surface area contributed by atoms with Crippen LogP contribution in [0, 0.1) is 0 Å². The predicted octanol–water partition coefficient (Wildman–Crippen LogP) is 1.80. The Labute approximate surface area is 247 Å². The van der Waals surface area contributed by atoms with Gasteiger partial charge in [-0.25, -0.2) is 9.97 Å². The first-order valence-corrected chi connectivity index (χ1v) is 15.6. The molecule has 0 aliphatic carbocycles. The molecule has 3 aliphatic heterocycles. The average molecular weight is 607 g/mol. The Balaban J connectivity index is 0.00000129. The van der Waals surface area contributed by atoms with Crippen molar-refractivity contribution in [2.24, 2.45) is 5.10 Å². The second-order valence-electron chi connectivity index (χ2n) is 10.2. The first-order chi connectivity index (χ1) is 20.2. The molecule has 0 unspecified atom stereocenters. The molecule has 1 aromatic heterocycles. The third-order valence-corrected chi connectivity index (χ3v) is 8.16. The van der Waals surface area contributed by atoms with E-state index in [4.69, 9.17) is 19.2 Å². The van der Waals surface area contributed by atoms with Crippen molar-refractivity contribution >= 4 is 28.2 Å². The Morgan fingerprint density at radius 2 is 1.67 bits per heavy atom. The van der Waals surface area contributed by atoms with Gasteiger partial charge in [0.25, 0.3) is 5.79 Å². The summed E-state index contributed by atoms with van der Waals surface area (Å²) in [5, 5.41) is 7.16. The summed E-state index contributed by atoms with van der Waals surface area (Å²) in [6, 6.07) is 7.58. The highest BCUT2D eigenvalue weighted by atomic mass is 32.2. The highest BCUT2D eigenvalue weighted by Crippen LogP contribution is 2.42. The van der Waals surface area contributed by atoms with Gasteiger partial charge in [-0.1, -0.05) is 13.8 Å². The van der Waals surface area contributed by atoms with Crippen LogP contribution in [-0.2, 0) is 21.6 Å². The maximum absolute atomic E-state index is 11.4. The monoisotopic (exact) mass is 606 g/mol. The molecule has 0 saturated carbocycles. The van der Waals surface area contributed by atoms with E-state index in [-0.39, 0.29) is 13.1 Å². The highest BCUT2D eigenvalue weighted by molar-refractivity contribution is 7.83. The van der Waals surface area contributed by atoms with Gasteiger partial charge >= 0.3 is 10.3 Å². The topological polar surface area (TPSA) is 154 Å². The summed E-state index contributed by atoms with van der Waals surface area (Å²) in [7, 11) is -0.429. The van der Waals surface area contributed by atoms with Crippen LogP contribution >= 0.6 is 0 Å². The zero-order valence-corrected chi connectivity index (χ0v) is 25.6. The summed E-state index contributed by atoms with van der Waals surface area (Å²) < 4.78 is 50.8. The van der Waals surface area contributed by atoms with Crippen LogP contribution < -0.4 is 25.1 Å². The molecule has 2 saturated heterocycles. The summed E-state index contributed by atoms with van der Waals surface area (Å²) in [4.78, 5) is 13.6. The first kappa shape index (κ1) is 31.8. The van der Waals surface area contributed by atoms with E-state index in [1.165, 1.54) is 0 Å². The lowest BCUT2D eigenvalue weighted by Gasteiger charge is -2.32. The van der Waals surface area contributed by atoms with Gasteiger partial charge in [0, 0.05) is 58.2 Å². The van der Waals surface area contributed by atoms with Gasteiger partial charge in [0.15, 0.2) is 17.3 Å². The SMILES string of the molecule is CCC1(CC)Oc2ccc(C=NNc3cc(N4CCOCC4)nc(CN4CCN(S(=O)(=O)O)CC4)n3)cc2O1.CNC. The van der Waals surface area contributed by atoms with Gasteiger partial charge in [-0.3, -0.25) is 14.9 Å². The summed E-state index contributed by atoms with van der Waals surface area (Å²) >= 11 is 0. The fourth-order valence-electron chi connectivity index (χ4n) is 4.79. The molecular formula is C27H42N8O6S. The van der Waals surface area contributed by atoms with E-state index in [2.05, 4.69) is 30.6 Å². The lowest BCUT2D eigenvalue weighted by Crippen LogP contribution is -2.48. The van der Waals surface area contributed by atoms with Crippen LogP contribution in [-0.4, -0.2) is 111 Å². The van der Waals surface area contributed by atoms with Gasteiger partial charge in [-0.2, -0.15) is 17.8 Å². The van der Waals surface area contributed by atoms with Crippen molar-refractivity contribution in [2.45, 2.75) is 39.0 Å². The molecule has 15 heteroatoms. The number of hydrogen-bond acceptors (Lipinski definition) is 12. The van der Waals surface area contributed by atoms with Gasteiger partial charge in [0.1, 0.15) is 11.6 Å². The molecule has 42 heavy (non-hydrogen) atoms. The van der Waals surface area contributed by atoms with Crippen molar-refractivity contribution in [1.29, 1.82) is 0 Å².